The minimum atomic E-state index is 0.453. The normalized spacial score (nSPS) is 15.5. The summed E-state index contributed by atoms with van der Waals surface area (Å²) in [5.41, 5.74) is 2.78. The highest BCUT2D eigenvalue weighted by molar-refractivity contribution is 5.44. The lowest BCUT2D eigenvalue weighted by molar-refractivity contribution is 0.280. The minimum absolute atomic E-state index is 0.453. The Balaban J connectivity index is 2.14. The van der Waals surface area contributed by atoms with Gasteiger partial charge in [0.05, 0.1) is 6.61 Å². The molecule has 112 valence electrons. The topological polar surface area (TPSA) is 21.3 Å². The van der Waals surface area contributed by atoms with E-state index in [9.17, 15) is 0 Å². The molecule has 0 saturated carbocycles. The summed E-state index contributed by atoms with van der Waals surface area (Å²) in [5.74, 6) is 1.17. The third-order valence-corrected chi connectivity index (χ3v) is 4.08. The molecule has 0 aromatic heterocycles. The SMILES string of the molecule is CCCCCC(NCCC)c1cccc2c1OCCC2. The molecule has 1 aromatic rings. The van der Waals surface area contributed by atoms with E-state index in [1.807, 2.05) is 0 Å². The first-order valence-corrected chi connectivity index (χ1v) is 8.34. The van der Waals surface area contributed by atoms with Crippen LogP contribution < -0.4 is 10.1 Å². The molecular weight excluding hydrogens is 246 g/mol. The van der Waals surface area contributed by atoms with Crippen LogP contribution in [-0.2, 0) is 6.42 Å². The second kappa shape index (κ2) is 8.31. The molecule has 0 aliphatic carbocycles. The van der Waals surface area contributed by atoms with Crippen LogP contribution in [0.15, 0.2) is 18.2 Å². The Bertz CT molecular complexity index is 402. The van der Waals surface area contributed by atoms with Gasteiger partial charge < -0.3 is 10.1 Å². The highest BCUT2D eigenvalue weighted by Gasteiger charge is 2.20. The van der Waals surface area contributed by atoms with E-state index in [-0.39, 0.29) is 0 Å². The molecule has 1 unspecified atom stereocenters. The number of rotatable bonds is 8. The Kier molecular flexibility index (Phi) is 6.38. The number of nitrogens with one attached hydrogen (secondary N) is 1. The summed E-state index contributed by atoms with van der Waals surface area (Å²) in [6, 6.07) is 7.13. The standard InChI is InChI=1S/C18H29NO/c1-3-5-6-12-17(19-13-4-2)16-11-7-9-15-10-8-14-20-18(15)16/h7,9,11,17,19H,3-6,8,10,12-14H2,1-2H3. The van der Waals surface area contributed by atoms with E-state index >= 15 is 0 Å². The van der Waals surface area contributed by atoms with Crippen molar-refractivity contribution in [2.75, 3.05) is 13.2 Å². The van der Waals surface area contributed by atoms with Crippen molar-refractivity contribution >= 4 is 0 Å². The van der Waals surface area contributed by atoms with Crippen molar-refractivity contribution in [3.05, 3.63) is 29.3 Å². The van der Waals surface area contributed by atoms with Crippen molar-refractivity contribution in [2.45, 2.75) is 64.8 Å². The predicted octanol–water partition coefficient (Wildman–Crippen LogP) is 4.63. The summed E-state index contributed by atoms with van der Waals surface area (Å²) in [7, 11) is 0. The molecule has 1 aliphatic heterocycles. The number of hydrogen-bond acceptors (Lipinski definition) is 2. The average Bonchev–Trinajstić information content (AvgIpc) is 2.50. The van der Waals surface area contributed by atoms with E-state index in [2.05, 4.69) is 37.4 Å². The first kappa shape index (κ1) is 15.4. The zero-order chi connectivity index (χ0) is 14.2. The molecule has 1 aromatic carbocycles. The average molecular weight is 275 g/mol. The van der Waals surface area contributed by atoms with Gasteiger partial charge in [-0.2, -0.15) is 0 Å². The van der Waals surface area contributed by atoms with Crippen LogP contribution >= 0.6 is 0 Å². The van der Waals surface area contributed by atoms with Crippen molar-refractivity contribution in [1.29, 1.82) is 0 Å². The van der Waals surface area contributed by atoms with Gasteiger partial charge in [-0.25, -0.2) is 0 Å². The molecule has 1 N–H and O–H groups in total. The molecule has 1 heterocycles. The van der Waals surface area contributed by atoms with Crippen molar-refractivity contribution in [2.24, 2.45) is 0 Å². The highest BCUT2D eigenvalue weighted by Crippen LogP contribution is 2.34. The molecule has 1 atom stereocenters. The number of ether oxygens (including phenoxy) is 1. The van der Waals surface area contributed by atoms with Crippen molar-refractivity contribution in [3.8, 4) is 5.75 Å². The molecule has 0 fully saturated rings. The number of para-hydroxylation sites is 1. The first-order valence-electron chi connectivity index (χ1n) is 8.34. The fourth-order valence-electron chi connectivity index (χ4n) is 2.97. The van der Waals surface area contributed by atoms with Gasteiger partial charge in [0.2, 0.25) is 0 Å². The lowest BCUT2D eigenvalue weighted by Gasteiger charge is -2.26. The lowest BCUT2D eigenvalue weighted by atomic mass is 9.94. The van der Waals surface area contributed by atoms with E-state index < -0.39 is 0 Å². The Labute approximate surface area is 123 Å². The fourth-order valence-corrected chi connectivity index (χ4v) is 2.97. The van der Waals surface area contributed by atoms with Gasteiger partial charge in [0, 0.05) is 11.6 Å². The van der Waals surface area contributed by atoms with Gasteiger partial charge in [-0.15, -0.1) is 0 Å². The molecule has 0 radical (unpaired) electrons. The van der Waals surface area contributed by atoms with Gasteiger partial charge in [0.1, 0.15) is 5.75 Å². The smallest absolute Gasteiger partial charge is 0.127 e. The lowest BCUT2D eigenvalue weighted by Crippen LogP contribution is -2.24. The van der Waals surface area contributed by atoms with Crippen molar-refractivity contribution in [3.63, 3.8) is 0 Å². The van der Waals surface area contributed by atoms with Gasteiger partial charge in [0.25, 0.3) is 0 Å². The number of fused-ring (bicyclic) bond motifs is 1. The monoisotopic (exact) mass is 275 g/mol. The van der Waals surface area contributed by atoms with Crippen LogP contribution in [0.25, 0.3) is 0 Å². The number of hydrogen-bond donors (Lipinski definition) is 1. The summed E-state index contributed by atoms with van der Waals surface area (Å²) >= 11 is 0. The molecule has 0 spiro atoms. The molecule has 0 amide bonds. The summed E-state index contributed by atoms with van der Waals surface area (Å²) < 4.78 is 5.98. The number of aryl methyl sites for hydroxylation is 1. The van der Waals surface area contributed by atoms with Crippen LogP contribution in [0.1, 0.15) is 69.5 Å². The van der Waals surface area contributed by atoms with E-state index in [4.69, 9.17) is 4.74 Å². The zero-order valence-corrected chi connectivity index (χ0v) is 13.1. The van der Waals surface area contributed by atoms with Gasteiger partial charge in [-0.05, 0) is 37.8 Å². The third kappa shape index (κ3) is 3.99. The van der Waals surface area contributed by atoms with Crippen LogP contribution in [0, 0.1) is 0 Å². The van der Waals surface area contributed by atoms with Crippen molar-refractivity contribution < 1.29 is 4.74 Å². The molecule has 0 bridgehead atoms. The van der Waals surface area contributed by atoms with Crippen LogP contribution in [-0.4, -0.2) is 13.2 Å². The third-order valence-electron chi connectivity index (χ3n) is 4.08. The molecule has 0 saturated heterocycles. The molecule has 2 heteroatoms. The molecular formula is C18H29NO. The van der Waals surface area contributed by atoms with Gasteiger partial charge in [0.15, 0.2) is 0 Å². The summed E-state index contributed by atoms with van der Waals surface area (Å²) in [5, 5.41) is 3.71. The molecule has 20 heavy (non-hydrogen) atoms. The van der Waals surface area contributed by atoms with E-state index in [1.165, 1.54) is 55.4 Å². The van der Waals surface area contributed by atoms with Crippen LogP contribution in [0.3, 0.4) is 0 Å². The molecule has 2 nitrogen and oxygen atoms in total. The van der Waals surface area contributed by atoms with E-state index in [0.717, 1.165) is 19.6 Å². The first-order chi connectivity index (χ1) is 9.86. The van der Waals surface area contributed by atoms with Crippen molar-refractivity contribution in [1.82, 2.24) is 5.32 Å². The Morgan fingerprint density at radius 1 is 1.20 bits per heavy atom. The quantitative estimate of drug-likeness (QED) is 0.698. The maximum absolute atomic E-state index is 5.98. The number of benzene rings is 1. The Morgan fingerprint density at radius 2 is 2.10 bits per heavy atom. The van der Waals surface area contributed by atoms with Crippen LogP contribution in [0.4, 0.5) is 0 Å². The fraction of sp³-hybridized carbons (Fsp3) is 0.667. The molecule has 2 rings (SSSR count). The highest BCUT2D eigenvalue weighted by atomic mass is 16.5. The summed E-state index contributed by atoms with van der Waals surface area (Å²) in [4.78, 5) is 0. The summed E-state index contributed by atoms with van der Waals surface area (Å²) in [6.45, 7) is 6.45. The van der Waals surface area contributed by atoms with E-state index in [1.54, 1.807) is 0 Å². The molecule has 1 aliphatic rings. The Hall–Kier alpha value is -1.02. The van der Waals surface area contributed by atoms with Gasteiger partial charge >= 0.3 is 0 Å². The zero-order valence-electron chi connectivity index (χ0n) is 13.1. The Morgan fingerprint density at radius 3 is 2.90 bits per heavy atom. The van der Waals surface area contributed by atoms with Crippen LogP contribution in [0.2, 0.25) is 0 Å². The second-order valence-electron chi connectivity index (χ2n) is 5.79. The summed E-state index contributed by atoms with van der Waals surface area (Å²) in [6.07, 6.45) is 8.61. The largest absolute Gasteiger partial charge is 0.493 e. The van der Waals surface area contributed by atoms with E-state index in [0.29, 0.717) is 6.04 Å². The predicted molar refractivity (Wildman–Crippen MR) is 85.4 cm³/mol. The minimum Gasteiger partial charge on any atom is -0.493 e. The maximum atomic E-state index is 5.98. The second-order valence-corrected chi connectivity index (χ2v) is 5.79. The maximum Gasteiger partial charge on any atom is 0.127 e. The van der Waals surface area contributed by atoms with Crippen LogP contribution in [0.5, 0.6) is 5.75 Å². The van der Waals surface area contributed by atoms with Gasteiger partial charge in [-0.3, -0.25) is 0 Å². The number of unbranched alkanes of at least 4 members (excludes halogenated alkanes) is 2. The van der Waals surface area contributed by atoms with Gasteiger partial charge in [-0.1, -0.05) is 51.3 Å².